The number of hydrogen-bond acceptors (Lipinski definition) is 3. The number of nitrogens with zero attached hydrogens (tertiary/aromatic N) is 1. The molecule has 2 aromatic rings. The number of anilines is 1. The molecule has 0 aliphatic carbocycles. The zero-order chi connectivity index (χ0) is 15.3. The van der Waals surface area contributed by atoms with E-state index >= 15 is 0 Å². The summed E-state index contributed by atoms with van der Waals surface area (Å²) in [5.74, 6) is 0.784. The Kier molecular flexibility index (Phi) is 4.72. The van der Waals surface area contributed by atoms with Crippen LogP contribution in [0.3, 0.4) is 0 Å². The highest BCUT2D eigenvalue weighted by Crippen LogP contribution is 2.26. The van der Waals surface area contributed by atoms with E-state index in [0.717, 1.165) is 17.0 Å². The van der Waals surface area contributed by atoms with Crippen molar-refractivity contribution >= 4 is 17.3 Å². The average molecular weight is 301 g/mol. The first-order valence-corrected chi connectivity index (χ1v) is 7.01. The summed E-state index contributed by atoms with van der Waals surface area (Å²) in [6.07, 6.45) is 0.528. The minimum atomic E-state index is -0.751. The molecule has 0 saturated carbocycles. The molecule has 0 spiro atoms. The quantitative estimate of drug-likeness (QED) is 0.896. The van der Waals surface area contributed by atoms with Crippen molar-refractivity contribution in [3.05, 3.63) is 59.1 Å². The molecule has 1 unspecified atom stereocenters. The van der Waals surface area contributed by atoms with Gasteiger partial charge < -0.3 is 10.1 Å². The summed E-state index contributed by atoms with van der Waals surface area (Å²) in [7, 11) is 1.63. The second-order valence-electron chi connectivity index (χ2n) is 5.07. The van der Waals surface area contributed by atoms with Crippen LogP contribution >= 0.6 is 11.6 Å². The van der Waals surface area contributed by atoms with Gasteiger partial charge in [0.1, 0.15) is 11.3 Å². The van der Waals surface area contributed by atoms with Crippen LogP contribution in [0.4, 0.5) is 5.69 Å². The molecule has 0 fully saturated rings. The fourth-order valence-corrected chi connectivity index (χ4v) is 2.42. The van der Waals surface area contributed by atoms with Crippen LogP contribution in [0.2, 0.25) is 5.02 Å². The molecule has 0 aromatic heterocycles. The zero-order valence-corrected chi connectivity index (χ0v) is 12.8. The molecule has 0 aliphatic heterocycles. The first-order chi connectivity index (χ1) is 10.1. The molecule has 0 heterocycles. The predicted molar refractivity (Wildman–Crippen MR) is 85.8 cm³/mol. The topological polar surface area (TPSA) is 45.0 Å². The van der Waals surface area contributed by atoms with Gasteiger partial charge in [-0.25, -0.2) is 0 Å². The highest BCUT2D eigenvalue weighted by molar-refractivity contribution is 6.30. The average Bonchev–Trinajstić information content (AvgIpc) is 2.47. The number of halogens is 1. The van der Waals surface area contributed by atoms with Crippen molar-refractivity contribution in [3.63, 3.8) is 0 Å². The summed E-state index contributed by atoms with van der Waals surface area (Å²) in [6.45, 7) is 1.86. The highest BCUT2D eigenvalue weighted by atomic mass is 35.5. The number of rotatable bonds is 5. The van der Waals surface area contributed by atoms with Crippen LogP contribution in [-0.2, 0) is 6.42 Å². The van der Waals surface area contributed by atoms with Crippen molar-refractivity contribution in [1.29, 1.82) is 5.26 Å². The summed E-state index contributed by atoms with van der Waals surface area (Å²) >= 11 is 5.98. The SMILES string of the molecule is COc1ccccc1CC(C)(C#N)Nc1cccc(Cl)c1. The van der Waals surface area contributed by atoms with Gasteiger partial charge in [-0.2, -0.15) is 5.26 Å². The molecule has 0 radical (unpaired) electrons. The second-order valence-corrected chi connectivity index (χ2v) is 5.50. The van der Waals surface area contributed by atoms with Gasteiger partial charge in [-0.1, -0.05) is 35.9 Å². The number of ether oxygens (including phenoxy) is 1. The summed E-state index contributed by atoms with van der Waals surface area (Å²) in [5.41, 5.74) is 1.05. The summed E-state index contributed by atoms with van der Waals surface area (Å²) in [6, 6.07) is 17.4. The molecule has 1 N–H and O–H groups in total. The maximum absolute atomic E-state index is 9.55. The Morgan fingerprint density at radius 3 is 2.67 bits per heavy atom. The molecule has 3 nitrogen and oxygen atoms in total. The lowest BCUT2D eigenvalue weighted by atomic mass is 9.93. The fourth-order valence-electron chi connectivity index (χ4n) is 2.23. The number of benzene rings is 2. The molecule has 108 valence electrons. The third-order valence-corrected chi connectivity index (χ3v) is 3.46. The van der Waals surface area contributed by atoms with E-state index in [9.17, 15) is 5.26 Å². The van der Waals surface area contributed by atoms with Gasteiger partial charge in [0.25, 0.3) is 0 Å². The van der Waals surface area contributed by atoms with Crippen molar-refractivity contribution in [2.75, 3.05) is 12.4 Å². The summed E-state index contributed by atoms with van der Waals surface area (Å²) < 4.78 is 5.35. The van der Waals surface area contributed by atoms with Crippen molar-refractivity contribution in [2.24, 2.45) is 0 Å². The highest BCUT2D eigenvalue weighted by Gasteiger charge is 2.25. The van der Waals surface area contributed by atoms with E-state index in [4.69, 9.17) is 16.3 Å². The van der Waals surface area contributed by atoms with Crippen LogP contribution in [0.1, 0.15) is 12.5 Å². The van der Waals surface area contributed by atoms with Gasteiger partial charge in [-0.3, -0.25) is 0 Å². The maximum atomic E-state index is 9.55. The number of hydrogen-bond donors (Lipinski definition) is 1. The first-order valence-electron chi connectivity index (χ1n) is 6.63. The Labute approximate surface area is 130 Å². The Morgan fingerprint density at radius 2 is 2.00 bits per heavy atom. The monoisotopic (exact) mass is 300 g/mol. The third-order valence-electron chi connectivity index (χ3n) is 3.23. The molecule has 21 heavy (non-hydrogen) atoms. The molecule has 2 aromatic carbocycles. The van der Waals surface area contributed by atoms with Crippen LogP contribution in [-0.4, -0.2) is 12.6 Å². The van der Waals surface area contributed by atoms with Gasteiger partial charge in [-0.05, 0) is 36.8 Å². The molecular weight excluding hydrogens is 284 g/mol. The molecule has 1 atom stereocenters. The lowest BCUT2D eigenvalue weighted by Gasteiger charge is -2.25. The van der Waals surface area contributed by atoms with Crippen LogP contribution in [0.5, 0.6) is 5.75 Å². The van der Waals surface area contributed by atoms with Crippen molar-refractivity contribution in [2.45, 2.75) is 18.9 Å². The first kappa shape index (κ1) is 15.2. The number of nitrogens with one attached hydrogen (secondary N) is 1. The standard InChI is InChI=1S/C17H17ClN2O/c1-17(12-19,20-15-8-5-7-14(18)10-15)11-13-6-3-4-9-16(13)21-2/h3-10,20H,11H2,1-2H3. The predicted octanol–water partition coefficient (Wildman–Crippen LogP) is 4.29. The van der Waals surface area contributed by atoms with E-state index in [2.05, 4.69) is 11.4 Å². The smallest absolute Gasteiger partial charge is 0.126 e. The normalized spacial score (nSPS) is 13.0. The van der Waals surface area contributed by atoms with E-state index in [0.29, 0.717) is 11.4 Å². The van der Waals surface area contributed by atoms with E-state index in [1.807, 2.05) is 43.3 Å². The van der Waals surface area contributed by atoms with Crippen molar-refractivity contribution in [3.8, 4) is 11.8 Å². The lowest BCUT2D eigenvalue weighted by Crippen LogP contribution is -2.35. The van der Waals surface area contributed by atoms with Crippen LogP contribution in [0, 0.1) is 11.3 Å². The molecule has 2 rings (SSSR count). The second kappa shape index (κ2) is 6.51. The molecule has 0 amide bonds. The van der Waals surface area contributed by atoms with Gasteiger partial charge in [0.05, 0.1) is 13.2 Å². The zero-order valence-electron chi connectivity index (χ0n) is 12.1. The van der Waals surface area contributed by atoms with Crippen LogP contribution in [0.25, 0.3) is 0 Å². The van der Waals surface area contributed by atoms with Gasteiger partial charge in [-0.15, -0.1) is 0 Å². The fraction of sp³-hybridized carbons (Fsp3) is 0.235. The molecule has 0 aliphatic rings. The Balaban J connectivity index is 2.24. The number of nitriles is 1. The largest absolute Gasteiger partial charge is 0.496 e. The molecule has 0 bridgehead atoms. The van der Waals surface area contributed by atoms with Gasteiger partial charge >= 0.3 is 0 Å². The number of methoxy groups -OCH3 is 1. The minimum Gasteiger partial charge on any atom is -0.496 e. The molecule has 0 saturated heterocycles. The van der Waals surface area contributed by atoms with Gasteiger partial charge in [0, 0.05) is 17.1 Å². The van der Waals surface area contributed by atoms with E-state index in [1.54, 1.807) is 19.2 Å². The number of para-hydroxylation sites is 1. The van der Waals surface area contributed by atoms with E-state index in [-0.39, 0.29) is 0 Å². The van der Waals surface area contributed by atoms with E-state index in [1.165, 1.54) is 0 Å². The Bertz CT molecular complexity index is 666. The minimum absolute atomic E-state index is 0.528. The molecule has 4 heteroatoms. The van der Waals surface area contributed by atoms with E-state index < -0.39 is 5.54 Å². The van der Waals surface area contributed by atoms with Crippen molar-refractivity contribution < 1.29 is 4.74 Å². The lowest BCUT2D eigenvalue weighted by molar-refractivity contribution is 0.407. The van der Waals surface area contributed by atoms with Gasteiger partial charge in [0.2, 0.25) is 0 Å². The van der Waals surface area contributed by atoms with Crippen molar-refractivity contribution in [1.82, 2.24) is 0 Å². The van der Waals surface area contributed by atoms with Crippen LogP contribution in [0.15, 0.2) is 48.5 Å². The Hall–Kier alpha value is -2.18. The van der Waals surface area contributed by atoms with Crippen LogP contribution < -0.4 is 10.1 Å². The summed E-state index contributed by atoms with van der Waals surface area (Å²) in [4.78, 5) is 0. The molecular formula is C17H17ClN2O. The maximum Gasteiger partial charge on any atom is 0.126 e. The van der Waals surface area contributed by atoms with Gasteiger partial charge in [0.15, 0.2) is 0 Å². The third kappa shape index (κ3) is 3.90. The summed E-state index contributed by atoms with van der Waals surface area (Å²) in [5, 5.41) is 13.4. The Morgan fingerprint density at radius 1 is 1.24 bits per heavy atom.